The van der Waals surface area contributed by atoms with Gasteiger partial charge in [-0.05, 0) is 66.8 Å². The highest BCUT2D eigenvalue weighted by atomic mass is 16.4. The van der Waals surface area contributed by atoms with Crippen molar-refractivity contribution in [3.05, 3.63) is 59.7 Å². The fourth-order valence-corrected chi connectivity index (χ4v) is 2.85. The molecule has 0 saturated carbocycles. The number of aliphatic carboxylic acids is 1. The van der Waals surface area contributed by atoms with Crippen molar-refractivity contribution in [3.8, 4) is 23.0 Å². The Labute approximate surface area is 195 Å². The van der Waals surface area contributed by atoms with Crippen LogP contribution in [0, 0.1) is 0 Å². The summed E-state index contributed by atoms with van der Waals surface area (Å²) in [5.41, 5.74) is 0.978. The van der Waals surface area contributed by atoms with E-state index in [0.29, 0.717) is 30.5 Å². The minimum Gasteiger partial charge on any atom is -0.504 e. The number of unbranched alkanes of at least 4 members (excludes halogenated alkanes) is 1. The van der Waals surface area contributed by atoms with E-state index in [1.807, 2.05) is 0 Å². The minimum absolute atomic E-state index is 0.160. The molecule has 1 unspecified atom stereocenters. The molecule has 0 aliphatic heterocycles. The van der Waals surface area contributed by atoms with Crippen LogP contribution in [0.2, 0.25) is 0 Å². The second-order valence-corrected chi connectivity index (χ2v) is 7.35. The van der Waals surface area contributed by atoms with Crippen LogP contribution in [0.15, 0.2) is 48.6 Å². The third-order valence-electron chi connectivity index (χ3n) is 4.69. The number of carboxylic acid groups (broad SMARTS) is 1. The lowest BCUT2D eigenvalue weighted by Crippen LogP contribution is -2.40. The van der Waals surface area contributed by atoms with E-state index in [0.717, 1.165) is 6.08 Å². The van der Waals surface area contributed by atoms with E-state index in [1.54, 1.807) is 0 Å². The molecule has 180 valence electrons. The van der Waals surface area contributed by atoms with Crippen molar-refractivity contribution < 1.29 is 39.9 Å². The first-order chi connectivity index (χ1) is 16.2. The van der Waals surface area contributed by atoms with Crippen molar-refractivity contribution in [3.63, 3.8) is 0 Å². The van der Waals surface area contributed by atoms with Gasteiger partial charge in [0.15, 0.2) is 23.0 Å². The number of amides is 2. The molecule has 10 heteroatoms. The first kappa shape index (κ1) is 25.8. The number of aromatic hydroxyl groups is 4. The Morgan fingerprint density at radius 1 is 0.765 bits per heavy atom. The maximum Gasteiger partial charge on any atom is 0.326 e. The SMILES string of the molecule is O=C(C=Cc1ccc(O)c(O)c1)NCCCCC(NC(=O)C=Cc1ccc(O)c(O)c1)C(=O)O. The highest BCUT2D eigenvalue weighted by Gasteiger charge is 2.18. The Bertz CT molecular complexity index is 1090. The molecule has 34 heavy (non-hydrogen) atoms. The molecule has 0 aromatic heterocycles. The van der Waals surface area contributed by atoms with Gasteiger partial charge in [0.1, 0.15) is 6.04 Å². The van der Waals surface area contributed by atoms with Crippen molar-refractivity contribution >= 4 is 29.9 Å². The van der Waals surface area contributed by atoms with E-state index in [9.17, 15) is 39.9 Å². The lowest BCUT2D eigenvalue weighted by molar-refractivity contribution is -0.141. The molecule has 10 nitrogen and oxygen atoms in total. The van der Waals surface area contributed by atoms with Crippen LogP contribution in [0.1, 0.15) is 30.4 Å². The maximum absolute atomic E-state index is 12.0. The molecule has 1 atom stereocenters. The molecule has 2 aromatic rings. The largest absolute Gasteiger partial charge is 0.504 e. The van der Waals surface area contributed by atoms with Gasteiger partial charge in [-0.2, -0.15) is 0 Å². The smallest absolute Gasteiger partial charge is 0.326 e. The molecule has 0 aliphatic carbocycles. The number of benzene rings is 2. The standard InChI is InChI=1S/C24H26N2O8/c27-18-8-4-15(13-20(18)29)6-10-22(31)25-12-2-1-3-17(24(33)34)26-23(32)11-7-16-5-9-19(28)21(30)14-16/h4-11,13-14,17,27-30H,1-3,12H2,(H,25,31)(H,26,32)(H,33,34). The van der Waals surface area contributed by atoms with Crippen molar-refractivity contribution in [2.24, 2.45) is 0 Å². The Kier molecular flexibility index (Phi) is 9.51. The van der Waals surface area contributed by atoms with Gasteiger partial charge in [-0.15, -0.1) is 0 Å². The zero-order chi connectivity index (χ0) is 25.1. The molecule has 7 N–H and O–H groups in total. The van der Waals surface area contributed by atoms with Crippen molar-refractivity contribution in [2.75, 3.05) is 6.54 Å². The second kappa shape index (κ2) is 12.5. The summed E-state index contributed by atoms with van der Waals surface area (Å²) >= 11 is 0. The normalized spacial score (nSPS) is 12.0. The molecule has 2 amide bonds. The Balaban J connectivity index is 1.73. The van der Waals surface area contributed by atoms with Gasteiger partial charge < -0.3 is 36.2 Å². The summed E-state index contributed by atoms with van der Waals surface area (Å²) in [6.45, 7) is 0.300. The van der Waals surface area contributed by atoms with Gasteiger partial charge in [0.25, 0.3) is 0 Å². The molecule has 0 radical (unpaired) electrons. The molecule has 0 heterocycles. The molecule has 2 aromatic carbocycles. The molecular formula is C24H26N2O8. The Hall–Kier alpha value is -4.47. The Morgan fingerprint density at radius 3 is 1.79 bits per heavy atom. The minimum atomic E-state index is -1.19. The molecule has 0 saturated heterocycles. The quantitative estimate of drug-likeness (QED) is 0.148. The van der Waals surface area contributed by atoms with Gasteiger partial charge >= 0.3 is 5.97 Å². The number of phenolic OH excluding ortho intramolecular Hbond substituents is 4. The second-order valence-electron chi connectivity index (χ2n) is 7.35. The van der Waals surface area contributed by atoms with Gasteiger partial charge in [0.2, 0.25) is 11.8 Å². The van der Waals surface area contributed by atoms with Crippen LogP contribution in [0.25, 0.3) is 12.2 Å². The predicted octanol–water partition coefficient (Wildman–Crippen LogP) is 2.09. The fourth-order valence-electron chi connectivity index (χ4n) is 2.85. The van der Waals surface area contributed by atoms with E-state index in [4.69, 9.17) is 0 Å². The number of nitrogens with one attached hydrogen (secondary N) is 2. The summed E-state index contributed by atoms with van der Waals surface area (Å²) in [6, 6.07) is 7.03. The lowest BCUT2D eigenvalue weighted by Gasteiger charge is -2.13. The van der Waals surface area contributed by atoms with E-state index >= 15 is 0 Å². The van der Waals surface area contributed by atoms with Crippen LogP contribution in [0.5, 0.6) is 23.0 Å². The van der Waals surface area contributed by atoms with Gasteiger partial charge in [0.05, 0.1) is 0 Å². The van der Waals surface area contributed by atoms with Gasteiger partial charge in [0, 0.05) is 18.7 Å². The number of carbonyl (C=O) groups is 3. The van der Waals surface area contributed by atoms with Gasteiger partial charge in [-0.3, -0.25) is 9.59 Å². The van der Waals surface area contributed by atoms with Gasteiger partial charge in [-0.25, -0.2) is 4.79 Å². The lowest BCUT2D eigenvalue weighted by atomic mass is 10.1. The molecule has 0 spiro atoms. The molecule has 0 aliphatic rings. The number of rotatable bonds is 11. The fraction of sp³-hybridized carbons (Fsp3) is 0.208. The highest BCUT2D eigenvalue weighted by molar-refractivity contribution is 5.94. The van der Waals surface area contributed by atoms with Crippen LogP contribution in [-0.2, 0) is 14.4 Å². The average molecular weight is 470 g/mol. The summed E-state index contributed by atoms with van der Waals surface area (Å²) in [4.78, 5) is 35.3. The molecular weight excluding hydrogens is 444 g/mol. The van der Waals surface area contributed by atoms with E-state index < -0.39 is 17.9 Å². The molecule has 0 bridgehead atoms. The third kappa shape index (κ3) is 8.58. The zero-order valence-corrected chi connectivity index (χ0v) is 18.1. The van der Waals surface area contributed by atoms with Crippen LogP contribution in [-0.4, -0.2) is 55.9 Å². The predicted molar refractivity (Wildman–Crippen MR) is 124 cm³/mol. The first-order valence-electron chi connectivity index (χ1n) is 10.4. The number of phenols is 4. The topological polar surface area (TPSA) is 176 Å². The van der Waals surface area contributed by atoms with Crippen molar-refractivity contribution in [1.29, 1.82) is 0 Å². The van der Waals surface area contributed by atoms with Crippen LogP contribution in [0.4, 0.5) is 0 Å². The molecule has 2 rings (SSSR count). The van der Waals surface area contributed by atoms with Crippen LogP contribution < -0.4 is 10.6 Å². The Morgan fingerprint density at radius 2 is 1.29 bits per heavy atom. The van der Waals surface area contributed by atoms with E-state index in [1.165, 1.54) is 54.6 Å². The van der Waals surface area contributed by atoms with Crippen molar-refractivity contribution in [2.45, 2.75) is 25.3 Å². The van der Waals surface area contributed by atoms with E-state index in [2.05, 4.69) is 10.6 Å². The summed E-state index contributed by atoms with van der Waals surface area (Å²) in [5, 5.41) is 51.8. The van der Waals surface area contributed by atoms with Crippen LogP contribution in [0.3, 0.4) is 0 Å². The first-order valence-corrected chi connectivity index (χ1v) is 10.4. The number of carboxylic acids is 1. The van der Waals surface area contributed by atoms with Crippen molar-refractivity contribution in [1.82, 2.24) is 10.6 Å². The summed E-state index contributed by atoms with van der Waals surface area (Å²) in [5.74, 6) is -3.37. The van der Waals surface area contributed by atoms with Gasteiger partial charge in [-0.1, -0.05) is 12.1 Å². The highest BCUT2D eigenvalue weighted by Crippen LogP contribution is 2.26. The average Bonchev–Trinajstić information content (AvgIpc) is 2.79. The number of hydrogen-bond donors (Lipinski definition) is 7. The monoisotopic (exact) mass is 470 g/mol. The van der Waals surface area contributed by atoms with Crippen LogP contribution >= 0.6 is 0 Å². The maximum atomic E-state index is 12.0. The summed E-state index contributed by atoms with van der Waals surface area (Å²) < 4.78 is 0. The number of hydrogen-bond acceptors (Lipinski definition) is 7. The van der Waals surface area contributed by atoms with E-state index in [-0.39, 0.29) is 35.3 Å². The third-order valence-corrected chi connectivity index (χ3v) is 4.69. The summed E-state index contributed by atoms with van der Waals surface area (Å²) in [6.07, 6.45) is 6.32. The summed E-state index contributed by atoms with van der Waals surface area (Å²) in [7, 11) is 0. The molecule has 0 fully saturated rings. The zero-order valence-electron chi connectivity index (χ0n) is 18.1. The number of carbonyl (C=O) groups excluding carboxylic acids is 2.